The number of aromatic nitrogens is 1. The molecule has 0 fully saturated rings. The Kier molecular flexibility index (Phi) is 8.24. The molecule has 2 rings (SSSR count). The second-order valence-electron chi connectivity index (χ2n) is 6.72. The summed E-state index contributed by atoms with van der Waals surface area (Å²) in [7, 11) is 3.92. The van der Waals surface area contributed by atoms with Crippen molar-refractivity contribution in [3.05, 3.63) is 44.4 Å². The Labute approximate surface area is 179 Å². The first-order chi connectivity index (χ1) is 13.2. The number of carbonyl (C=O) groups excluding carboxylic acids is 2. The molecule has 28 heavy (non-hydrogen) atoms. The summed E-state index contributed by atoms with van der Waals surface area (Å²) in [4.78, 5) is 34.4. The average molecular weight is 443 g/mol. The summed E-state index contributed by atoms with van der Waals surface area (Å²) >= 11 is 13.5. The summed E-state index contributed by atoms with van der Waals surface area (Å²) in [5.74, 6) is -0.598. The van der Waals surface area contributed by atoms with Crippen LogP contribution in [0.4, 0.5) is 5.13 Å². The van der Waals surface area contributed by atoms with E-state index in [9.17, 15) is 9.59 Å². The van der Waals surface area contributed by atoms with Gasteiger partial charge in [-0.25, -0.2) is 4.98 Å². The molecule has 0 spiro atoms. The second-order valence-corrected chi connectivity index (χ2v) is 8.76. The number of amides is 2. The van der Waals surface area contributed by atoms with Gasteiger partial charge in [0, 0.05) is 16.4 Å². The van der Waals surface area contributed by atoms with E-state index in [2.05, 4.69) is 10.3 Å². The van der Waals surface area contributed by atoms with E-state index < -0.39 is 0 Å². The number of hydrogen-bond acceptors (Lipinski definition) is 5. The van der Waals surface area contributed by atoms with E-state index in [1.54, 1.807) is 12.1 Å². The average Bonchev–Trinajstić information content (AvgIpc) is 2.90. The van der Waals surface area contributed by atoms with E-state index in [0.29, 0.717) is 22.3 Å². The highest BCUT2D eigenvalue weighted by Crippen LogP contribution is 2.23. The minimum atomic E-state index is -0.304. The van der Waals surface area contributed by atoms with Gasteiger partial charge in [-0.1, -0.05) is 23.2 Å². The predicted octanol–water partition coefficient (Wildman–Crippen LogP) is 4.10. The number of aryl methyl sites for hydroxylation is 2. The van der Waals surface area contributed by atoms with E-state index in [1.165, 1.54) is 22.3 Å². The summed E-state index contributed by atoms with van der Waals surface area (Å²) in [6, 6.07) is 4.72. The number of rotatable bonds is 8. The number of anilines is 1. The molecule has 0 aliphatic heterocycles. The first kappa shape index (κ1) is 22.6. The summed E-state index contributed by atoms with van der Waals surface area (Å²) in [5.41, 5.74) is 1.21. The molecule has 0 aliphatic carbocycles. The van der Waals surface area contributed by atoms with Gasteiger partial charge < -0.3 is 15.1 Å². The summed E-state index contributed by atoms with van der Waals surface area (Å²) in [6.45, 7) is 4.98. The van der Waals surface area contributed by atoms with Crippen LogP contribution in [0, 0.1) is 13.8 Å². The van der Waals surface area contributed by atoms with Gasteiger partial charge in [-0.05, 0) is 59.1 Å². The molecule has 1 aromatic carbocycles. The Morgan fingerprint density at radius 2 is 1.89 bits per heavy atom. The number of nitrogens with zero attached hydrogens (tertiary/aromatic N) is 3. The lowest BCUT2D eigenvalue weighted by molar-refractivity contribution is -0.116. The van der Waals surface area contributed by atoms with Crippen LogP contribution in [0.15, 0.2) is 18.2 Å². The van der Waals surface area contributed by atoms with Gasteiger partial charge in [0.2, 0.25) is 5.91 Å². The van der Waals surface area contributed by atoms with Crippen LogP contribution in [0.1, 0.15) is 27.3 Å². The lowest BCUT2D eigenvalue weighted by Crippen LogP contribution is -2.39. The number of nitrogens with one attached hydrogen (secondary N) is 1. The molecule has 0 radical (unpaired) electrons. The number of benzene rings is 1. The molecule has 2 aromatic rings. The Bertz CT molecular complexity index is 835. The normalized spacial score (nSPS) is 11.0. The first-order valence-electron chi connectivity index (χ1n) is 8.80. The quantitative estimate of drug-likeness (QED) is 0.667. The number of halogens is 2. The van der Waals surface area contributed by atoms with Crippen LogP contribution in [0.2, 0.25) is 10.0 Å². The minimum Gasteiger partial charge on any atom is -0.329 e. The lowest BCUT2D eigenvalue weighted by Gasteiger charge is -2.23. The zero-order valence-corrected chi connectivity index (χ0v) is 18.7. The molecule has 152 valence electrons. The van der Waals surface area contributed by atoms with Crippen molar-refractivity contribution < 1.29 is 9.59 Å². The summed E-state index contributed by atoms with van der Waals surface area (Å²) < 4.78 is 0. The fourth-order valence-corrected chi connectivity index (χ4v) is 3.84. The lowest BCUT2D eigenvalue weighted by atomic mass is 10.2. The molecule has 0 saturated heterocycles. The third-order valence-corrected chi connectivity index (χ3v) is 5.63. The molecule has 6 nitrogen and oxygen atoms in total. The van der Waals surface area contributed by atoms with E-state index in [0.717, 1.165) is 23.5 Å². The molecular weight excluding hydrogens is 419 g/mol. The molecule has 9 heteroatoms. The Hall–Kier alpha value is -1.67. The third-order valence-electron chi connectivity index (χ3n) is 4.09. The van der Waals surface area contributed by atoms with Crippen LogP contribution in [0.5, 0.6) is 0 Å². The topological polar surface area (TPSA) is 65.5 Å². The van der Waals surface area contributed by atoms with Gasteiger partial charge >= 0.3 is 0 Å². The molecule has 1 N–H and O–H groups in total. The fraction of sp³-hybridized carbons (Fsp3) is 0.421. The standard InChI is InChI=1S/C19H24Cl2N4O2S/c1-12-13(2)28-19(22-12)23-17(26)11-25(9-5-8-24(3)4)18(27)15-7-6-14(20)10-16(15)21/h6-7,10H,5,8-9,11H2,1-4H3,(H,22,23,26). The SMILES string of the molecule is Cc1nc(NC(=O)CN(CCCN(C)C)C(=O)c2ccc(Cl)cc2Cl)sc1C. The first-order valence-corrected chi connectivity index (χ1v) is 10.4. The molecule has 0 bridgehead atoms. The van der Waals surface area contributed by atoms with Gasteiger partial charge in [-0.15, -0.1) is 11.3 Å². The number of hydrogen-bond donors (Lipinski definition) is 1. The van der Waals surface area contributed by atoms with Crippen molar-refractivity contribution in [1.82, 2.24) is 14.8 Å². The van der Waals surface area contributed by atoms with Crippen LogP contribution in [0.25, 0.3) is 0 Å². The Morgan fingerprint density at radius 3 is 2.46 bits per heavy atom. The van der Waals surface area contributed by atoms with E-state index >= 15 is 0 Å². The minimum absolute atomic E-state index is 0.0805. The Morgan fingerprint density at radius 1 is 1.18 bits per heavy atom. The smallest absolute Gasteiger partial charge is 0.255 e. The molecular formula is C19H24Cl2N4O2S. The summed E-state index contributed by atoms with van der Waals surface area (Å²) in [5, 5.41) is 4.02. The van der Waals surface area contributed by atoms with Crippen molar-refractivity contribution in [2.45, 2.75) is 20.3 Å². The number of thiazole rings is 1. The van der Waals surface area contributed by atoms with Gasteiger partial charge in [0.1, 0.15) is 6.54 Å². The van der Waals surface area contributed by atoms with Gasteiger partial charge in [0.25, 0.3) is 5.91 Å². The molecule has 1 aromatic heterocycles. The zero-order valence-electron chi connectivity index (χ0n) is 16.4. The summed E-state index contributed by atoms with van der Waals surface area (Å²) in [6.07, 6.45) is 0.729. The largest absolute Gasteiger partial charge is 0.329 e. The van der Waals surface area contributed by atoms with Gasteiger partial charge in [0.05, 0.1) is 16.3 Å². The van der Waals surface area contributed by atoms with Gasteiger partial charge in [-0.2, -0.15) is 0 Å². The van der Waals surface area contributed by atoms with Crippen molar-refractivity contribution in [3.63, 3.8) is 0 Å². The number of carbonyl (C=O) groups is 2. The van der Waals surface area contributed by atoms with E-state index in [-0.39, 0.29) is 23.4 Å². The van der Waals surface area contributed by atoms with E-state index in [4.69, 9.17) is 23.2 Å². The maximum absolute atomic E-state index is 13.0. The van der Waals surface area contributed by atoms with Gasteiger partial charge in [-0.3, -0.25) is 9.59 Å². The monoisotopic (exact) mass is 442 g/mol. The second kappa shape index (κ2) is 10.2. The molecule has 0 atom stereocenters. The Balaban J connectivity index is 2.13. The molecule has 0 unspecified atom stereocenters. The highest BCUT2D eigenvalue weighted by molar-refractivity contribution is 7.15. The van der Waals surface area contributed by atoms with Gasteiger partial charge in [0.15, 0.2) is 5.13 Å². The zero-order chi connectivity index (χ0) is 20.8. The van der Waals surface area contributed by atoms with Crippen LogP contribution in [0.3, 0.4) is 0 Å². The molecule has 2 amide bonds. The molecule has 0 aliphatic rings. The highest BCUT2D eigenvalue weighted by Gasteiger charge is 2.21. The van der Waals surface area contributed by atoms with Crippen molar-refractivity contribution >= 4 is 51.5 Å². The molecule has 0 saturated carbocycles. The van der Waals surface area contributed by atoms with Crippen LogP contribution in [-0.2, 0) is 4.79 Å². The van der Waals surface area contributed by atoms with E-state index in [1.807, 2.05) is 32.8 Å². The highest BCUT2D eigenvalue weighted by atomic mass is 35.5. The van der Waals surface area contributed by atoms with Crippen LogP contribution >= 0.6 is 34.5 Å². The van der Waals surface area contributed by atoms with Crippen LogP contribution < -0.4 is 5.32 Å². The van der Waals surface area contributed by atoms with Crippen molar-refractivity contribution in [1.29, 1.82) is 0 Å². The van der Waals surface area contributed by atoms with Crippen LogP contribution in [-0.4, -0.2) is 60.3 Å². The van der Waals surface area contributed by atoms with Crippen molar-refractivity contribution in [3.8, 4) is 0 Å². The maximum atomic E-state index is 13.0. The van der Waals surface area contributed by atoms with Crippen molar-refractivity contribution in [2.75, 3.05) is 39.0 Å². The third kappa shape index (κ3) is 6.44. The maximum Gasteiger partial charge on any atom is 0.255 e. The fourth-order valence-electron chi connectivity index (χ4n) is 2.52. The molecule has 1 heterocycles. The predicted molar refractivity (Wildman–Crippen MR) is 116 cm³/mol. The van der Waals surface area contributed by atoms with Crippen molar-refractivity contribution in [2.24, 2.45) is 0 Å².